The van der Waals surface area contributed by atoms with Crippen molar-refractivity contribution in [1.82, 2.24) is 10.0 Å². The first-order valence-corrected chi connectivity index (χ1v) is 7.83. The van der Waals surface area contributed by atoms with Crippen LogP contribution in [0.5, 0.6) is 0 Å². The van der Waals surface area contributed by atoms with Crippen LogP contribution >= 0.6 is 0 Å². The number of nitrogens with zero attached hydrogens (tertiary/aromatic N) is 2. The number of carbonyl (C=O) groups is 3. The summed E-state index contributed by atoms with van der Waals surface area (Å²) in [5.74, 6) is -1.06. The predicted octanol–water partition coefficient (Wildman–Crippen LogP) is 3.08. The highest BCUT2D eigenvalue weighted by Gasteiger charge is 2.41. The van der Waals surface area contributed by atoms with Gasteiger partial charge in [-0.1, -0.05) is 35.9 Å². The van der Waals surface area contributed by atoms with E-state index in [2.05, 4.69) is 0 Å². The Kier molecular flexibility index (Phi) is 4.27. The maximum Gasteiger partial charge on any atom is 0.429 e. The van der Waals surface area contributed by atoms with Crippen molar-refractivity contribution in [3.05, 3.63) is 70.3 Å². The number of aryl methyl sites for hydroxylation is 2. The molecule has 2 aromatic carbocycles. The Morgan fingerprint density at radius 3 is 2.16 bits per heavy atom. The standard InChI is InChI=1S/C19H18N2O4/c1-12-8-9-14(13(2)10-12)11-20(19(24)25-3)21-17(22)15-6-4-5-7-16(15)18(21)23/h4-10H,11H2,1-3H3. The van der Waals surface area contributed by atoms with Gasteiger partial charge >= 0.3 is 6.09 Å². The summed E-state index contributed by atoms with van der Waals surface area (Å²) in [7, 11) is 1.22. The van der Waals surface area contributed by atoms with Crippen LogP contribution in [0.2, 0.25) is 0 Å². The minimum absolute atomic E-state index is 0.0598. The zero-order chi connectivity index (χ0) is 18.1. The Hall–Kier alpha value is -3.15. The van der Waals surface area contributed by atoms with Crippen molar-refractivity contribution < 1.29 is 19.1 Å². The van der Waals surface area contributed by atoms with Crippen molar-refractivity contribution in [2.75, 3.05) is 7.11 Å². The molecule has 128 valence electrons. The van der Waals surface area contributed by atoms with Crippen LogP contribution in [0.25, 0.3) is 0 Å². The minimum Gasteiger partial charge on any atom is -0.451 e. The normalized spacial score (nSPS) is 13.0. The Labute approximate surface area is 145 Å². The van der Waals surface area contributed by atoms with Gasteiger partial charge in [0.15, 0.2) is 0 Å². The van der Waals surface area contributed by atoms with Crippen LogP contribution in [0.1, 0.15) is 37.4 Å². The van der Waals surface area contributed by atoms with Crippen molar-refractivity contribution >= 4 is 17.9 Å². The molecule has 0 N–H and O–H groups in total. The van der Waals surface area contributed by atoms with E-state index in [1.165, 1.54) is 7.11 Å². The molecule has 25 heavy (non-hydrogen) atoms. The van der Waals surface area contributed by atoms with Crippen molar-refractivity contribution in [2.45, 2.75) is 20.4 Å². The zero-order valence-electron chi connectivity index (χ0n) is 14.3. The SMILES string of the molecule is COC(=O)N(Cc1ccc(C)cc1C)N1C(=O)c2ccccc2C1=O. The largest absolute Gasteiger partial charge is 0.451 e. The van der Waals surface area contributed by atoms with Gasteiger partial charge < -0.3 is 4.74 Å². The fraction of sp³-hybridized carbons (Fsp3) is 0.211. The lowest BCUT2D eigenvalue weighted by Crippen LogP contribution is -2.49. The second-order valence-electron chi connectivity index (χ2n) is 5.93. The smallest absolute Gasteiger partial charge is 0.429 e. The summed E-state index contributed by atoms with van der Waals surface area (Å²) < 4.78 is 4.80. The van der Waals surface area contributed by atoms with Gasteiger partial charge in [-0.2, -0.15) is 5.01 Å². The number of benzene rings is 2. The number of imide groups is 1. The topological polar surface area (TPSA) is 66.9 Å². The molecule has 0 saturated heterocycles. The van der Waals surface area contributed by atoms with Crippen LogP contribution in [0, 0.1) is 13.8 Å². The molecule has 3 amide bonds. The second kappa shape index (κ2) is 6.39. The molecule has 0 spiro atoms. The number of hydrazine groups is 1. The lowest BCUT2D eigenvalue weighted by molar-refractivity contribution is -0.00123. The van der Waals surface area contributed by atoms with E-state index in [4.69, 9.17) is 4.74 Å². The number of methoxy groups -OCH3 is 1. The number of rotatable bonds is 3. The maximum absolute atomic E-state index is 12.7. The predicted molar refractivity (Wildman–Crippen MR) is 90.8 cm³/mol. The first kappa shape index (κ1) is 16.7. The van der Waals surface area contributed by atoms with E-state index in [9.17, 15) is 14.4 Å². The highest BCUT2D eigenvalue weighted by Crippen LogP contribution is 2.26. The molecule has 0 fully saturated rings. The Morgan fingerprint density at radius 2 is 1.64 bits per heavy atom. The fourth-order valence-electron chi connectivity index (χ4n) is 2.90. The van der Waals surface area contributed by atoms with E-state index in [-0.39, 0.29) is 17.7 Å². The highest BCUT2D eigenvalue weighted by molar-refractivity contribution is 6.21. The molecule has 0 aliphatic carbocycles. The third-order valence-electron chi connectivity index (χ3n) is 4.22. The van der Waals surface area contributed by atoms with Gasteiger partial charge in [-0.3, -0.25) is 9.59 Å². The molecule has 1 aliphatic heterocycles. The van der Waals surface area contributed by atoms with Crippen molar-refractivity contribution in [2.24, 2.45) is 0 Å². The van der Waals surface area contributed by atoms with Crippen LogP contribution in [0.3, 0.4) is 0 Å². The van der Waals surface area contributed by atoms with Gasteiger partial charge in [-0.25, -0.2) is 9.80 Å². The lowest BCUT2D eigenvalue weighted by Gasteiger charge is -2.29. The molecule has 3 rings (SSSR count). The van der Waals surface area contributed by atoms with Gasteiger partial charge in [0.05, 0.1) is 24.8 Å². The van der Waals surface area contributed by atoms with Crippen LogP contribution in [-0.2, 0) is 11.3 Å². The molecule has 1 heterocycles. The molecule has 1 aliphatic rings. The molecule has 6 heteroatoms. The van der Waals surface area contributed by atoms with Crippen molar-refractivity contribution in [3.8, 4) is 0 Å². The van der Waals surface area contributed by atoms with Crippen molar-refractivity contribution in [1.29, 1.82) is 0 Å². The molecule has 0 unspecified atom stereocenters. The third kappa shape index (κ3) is 2.87. The average Bonchev–Trinajstić information content (AvgIpc) is 2.85. The van der Waals surface area contributed by atoms with Gasteiger partial charge in [-0.05, 0) is 37.1 Å². The van der Waals surface area contributed by atoms with Gasteiger partial charge in [0.2, 0.25) is 0 Å². The molecule has 0 aromatic heterocycles. The molecule has 0 saturated carbocycles. The number of hydrogen-bond acceptors (Lipinski definition) is 4. The second-order valence-corrected chi connectivity index (χ2v) is 5.93. The van der Waals surface area contributed by atoms with Gasteiger partial charge in [0, 0.05) is 0 Å². The van der Waals surface area contributed by atoms with Gasteiger partial charge in [0.1, 0.15) is 0 Å². The van der Waals surface area contributed by atoms with E-state index in [1.807, 2.05) is 32.0 Å². The fourth-order valence-corrected chi connectivity index (χ4v) is 2.90. The first-order chi connectivity index (χ1) is 11.9. The summed E-state index contributed by atoms with van der Waals surface area (Å²) >= 11 is 0. The van der Waals surface area contributed by atoms with E-state index in [0.29, 0.717) is 0 Å². The number of fused-ring (bicyclic) bond motifs is 1. The summed E-state index contributed by atoms with van der Waals surface area (Å²) in [6, 6.07) is 12.3. The lowest BCUT2D eigenvalue weighted by atomic mass is 10.1. The molecular weight excluding hydrogens is 320 g/mol. The summed E-state index contributed by atoms with van der Waals surface area (Å²) in [5.41, 5.74) is 3.44. The summed E-state index contributed by atoms with van der Waals surface area (Å²) in [5, 5.41) is 1.90. The summed E-state index contributed by atoms with van der Waals surface area (Å²) in [6.07, 6.45) is -0.769. The summed E-state index contributed by atoms with van der Waals surface area (Å²) in [4.78, 5) is 37.6. The molecule has 0 atom stereocenters. The Morgan fingerprint density at radius 1 is 1.04 bits per heavy atom. The van der Waals surface area contributed by atoms with E-state index < -0.39 is 17.9 Å². The van der Waals surface area contributed by atoms with Crippen LogP contribution in [0.4, 0.5) is 4.79 Å². The molecule has 2 aromatic rings. The van der Waals surface area contributed by atoms with Crippen LogP contribution < -0.4 is 0 Å². The quantitative estimate of drug-likeness (QED) is 0.807. The van der Waals surface area contributed by atoms with E-state index >= 15 is 0 Å². The van der Waals surface area contributed by atoms with Gasteiger partial charge in [-0.15, -0.1) is 0 Å². The Balaban J connectivity index is 1.99. The maximum atomic E-state index is 12.7. The van der Waals surface area contributed by atoms with E-state index in [1.54, 1.807) is 24.3 Å². The number of ether oxygens (including phenoxy) is 1. The van der Waals surface area contributed by atoms with E-state index in [0.717, 1.165) is 26.7 Å². The third-order valence-corrected chi connectivity index (χ3v) is 4.22. The molecule has 0 radical (unpaired) electrons. The zero-order valence-corrected chi connectivity index (χ0v) is 14.3. The Bertz CT molecular complexity index is 840. The summed E-state index contributed by atoms with van der Waals surface area (Å²) in [6.45, 7) is 3.95. The number of hydrogen-bond donors (Lipinski definition) is 0. The highest BCUT2D eigenvalue weighted by atomic mass is 16.5. The number of amides is 3. The van der Waals surface area contributed by atoms with Gasteiger partial charge in [0.25, 0.3) is 11.8 Å². The molecule has 0 bridgehead atoms. The first-order valence-electron chi connectivity index (χ1n) is 7.83. The van der Waals surface area contributed by atoms with Crippen LogP contribution in [-0.4, -0.2) is 35.0 Å². The van der Waals surface area contributed by atoms with Crippen molar-refractivity contribution in [3.63, 3.8) is 0 Å². The minimum atomic E-state index is -0.769. The number of carbonyl (C=O) groups excluding carboxylic acids is 3. The van der Waals surface area contributed by atoms with Crippen LogP contribution in [0.15, 0.2) is 42.5 Å². The monoisotopic (exact) mass is 338 g/mol. The average molecular weight is 338 g/mol. The molecule has 6 nitrogen and oxygen atoms in total. The molecular formula is C19H18N2O4.